The second-order valence-corrected chi connectivity index (χ2v) is 5.24. The van der Waals surface area contributed by atoms with Gasteiger partial charge in [0.1, 0.15) is 5.75 Å². The van der Waals surface area contributed by atoms with Crippen molar-refractivity contribution < 1.29 is 4.74 Å². The fraction of sp³-hybridized carbons (Fsp3) is 0.647. The van der Waals surface area contributed by atoms with Gasteiger partial charge in [-0.25, -0.2) is 0 Å². The van der Waals surface area contributed by atoms with Gasteiger partial charge in [-0.2, -0.15) is 0 Å². The molecule has 1 unspecified atom stereocenters. The SMILES string of the molecule is CCCNC(CN(CC)CC)c1cc(C)ccc1OC. The van der Waals surface area contributed by atoms with Crippen molar-refractivity contribution in [3.8, 4) is 5.75 Å². The van der Waals surface area contributed by atoms with E-state index < -0.39 is 0 Å². The molecular formula is C17H30N2O. The Hall–Kier alpha value is -1.06. The molecule has 0 aliphatic heterocycles. The van der Waals surface area contributed by atoms with E-state index in [1.807, 2.05) is 0 Å². The Morgan fingerprint density at radius 1 is 1.20 bits per heavy atom. The molecule has 0 heterocycles. The lowest BCUT2D eigenvalue weighted by atomic mass is 10.0. The second-order valence-electron chi connectivity index (χ2n) is 5.24. The molecule has 114 valence electrons. The van der Waals surface area contributed by atoms with Crippen molar-refractivity contribution >= 4 is 0 Å². The number of hydrogen-bond acceptors (Lipinski definition) is 3. The molecule has 1 aromatic carbocycles. The summed E-state index contributed by atoms with van der Waals surface area (Å²) in [7, 11) is 1.75. The fourth-order valence-corrected chi connectivity index (χ4v) is 2.46. The zero-order valence-corrected chi connectivity index (χ0v) is 13.7. The zero-order valence-electron chi connectivity index (χ0n) is 13.7. The number of nitrogens with one attached hydrogen (secondary N) is 1. The van der Waals surface area contributed by atoms with Crippen LogP contribution >= 0.6 is 0 Å². The van der Waals surface area contributed by atoms with Crippen molar-refractivity contribution in [2.75, 3.05) is 33.3 Å². The summed E-state index contributed by atoms with van der Waals surface area (Å²) in [6, 6.07) is 6.75. The van der Waals surface area contributed by atoms with Gasteiger partial charge in [0, 0.05) is 18.2 Å². The summed E-state index contributed by atoms with van der Waals surface area (Å²) in [5.41, 5.74) is 2.55. The molecule has 1 aromatic rings. The molecule has 3 heteroatoms. The van der Waals surface area contributed by atoms with E-state index in [9.17, 15) is 0 Å². The number of benzene rings is 1. The van der Waals surface area contributed by atoms with Crippen LogP contribution in [0.4, 0.5) is 0 Å². The van der Waals surface area contributed by atoms with E-state index in [2.05, 4.69) is 56.1 Å². The average Bonchev–Trinajstić information content (AvgIpc) is 2.47. The molecule has 0 amide bonds. The largest absolute Gasteiger partial charge is 0.496 e. The summed E-state index contributed by atoms with van der Waals surface area (Å²) < 4.78 is 5.55. The zero-order chi connectivity index (χ0) is 15.0. The maximum Gasteiger partial charge on any atom is 0.123 e. The third-order valence-corrected chi connectivity index (χ3v) is 3.74. The van der Waals surface area contributed by atoms with Crippen molar-refractivity contribution in [2.45, 2.75) is 40.2 Å². The minimum absolute atomic E-state index is 0.324. The Morgan fingerprint density at radius 2 is 1.90 bits per heavy atom. The van der Waals surface area contributed by atoms with E-state index in [-0.39, 0.29) is 0 Å². The molecule has 1 N–H and O–H groups in total. The first-order chi connectivity index (χ1) is 9.65. The van der Waals surface area contributed by atoms with Gasteiger partial charge in [-0.05, 0) is 39.0 Å². The minimum atomic E-state index is 0.324. The van der Waals surface area contributed by atoms with E-state index in [0.29, 0.717) is 6.04 Å². The van der Waals surface area contributed by atoms with E-state index in [4.69, 9.17) is 4.74 Å². The molecule has 1 atom stereocenters. The molecule has 0 spiro atoms. The molecule has 1 rings (SSSR count). The first-order valence-corrected chi connectivity index (χ1v) is 7.76. The molecule has 0 aliphatic rings. The third-order valence-electron chi connectivity index (χ3n) is 3.74. The van der Waals surface area contributed by atoms with Crippen LogP contribution in [-0.4, -0.2) is 38.2 Å². The van der Waals surface area contributed by atoms with Crippen LogP contribution in [0.15, 0.2) is 18.2 Å². The van der Waals surface area contributed by atoms with Crippen molar-refractivity contribution in [3.05, 3.63) is 29.3 Å². The van der Waals surface area contributed by atoms with Gasteiger partial charge in [-0.1, -0.05) is 38.5 Å². The fourth-order valence-electron chi connectivity index (χ4n) is 2.46. The molecule has 0 aliphatic carbocycles. The van der Waals surface area contributed by atoms with Crippen molar-refractivity contribution in [1.29, 1.82) is 0 Å². The highest BCUT2D eigenvalue weighted by Gasteiger charge is 2.18. The van der Waals surface area contributed by atoms with Gasteiger partial charge in [0.25, 0.3) is 0 Å². The van der Waals surface area contributed by atoms with Crippen LogP contribution in [0.2, 0.25) is 0 Å². The third kappa shape index (κ3) is 4.80. The van der Waals surface area contributed by atoms with Crippen molar-refractivity contribution in [3.63, 3.8) is 0 Å². The predicted molar refractivity (Wildman–Crippen MR) is 86.6 cm³/mol. The van der Waals surface area contributed by atoms with Gasteiger partial charge in [-0.3, -0.25) is 0 Å². The van der Waals surface area contributed by atoms with Crippen LogP contribution in [0.25, 0.3) is 0 Å². The minimum Gasteiger partial charge on any atom is -0.496 e. The Balaban J connectivity index is 2.99. The van der Waals surface area contributed by atoms with Gasteiger partial charge in [0.15, 0.2) is 0 Å². The second kappa shape index (κ2) is 8.98. The maximum atomic E-state index is 5.55. The standard InChI is InChI=1S/C17H30N2O/c1-6-11-18-16(13-19(7-2)8-3)15-12-14(4)9-10-17(15)20-5/h9-10,12,16,18H,6-8,11,13H2,1-5H3. The lowest BCUT2D eigenvalue weighted by Crippen LogP contribution is -2.35. The van der Waals surface area contributed by atoms with E-state index in [0.717, 1.165) is 38.3 Å². The van der Waals surface area contributed by atoms with E-state index >= 15 is 0 Å². The number of nitrogens with zero attached hydrogens (tertiary/aromatic N) is 1. The molecule has 0 fully saturated rings. The number of aryl methyl sites for hydroxylation is 1. The van der Waals surface area contributed by atoms with E-state index in [1.54, 1.807) is 7.11 Å². The summed E-state index contributed by atoms with van der Waals surface area (Å²) in [6.45, 7) is 13.0. The quantitative estimate of drug-likeness (QED) is 0.749. The summed E-state index contributed by atoms with van der Waals surface area (Å²) in [6.07, 6.45) is 1.14. The van der Waals surface area contributed by atoms with Gasteiger partial charge >= 0.3 is 0 Å². The smallest absolute Gasteiger partial charge is 0.123 e. The summed E-state index contributed by atoms with van der Waals surface area (Å²) >= 11 is 0. The number of hydrogen-bond donors (Lipinski definition) is 1. The lowest BCUT2D eigenvalue weighted by molar-refractivity contribution is 0.262. The Morgan fingerprint density at radius 3 is 2.45 bits per heavy atom. The topological polar surface area (TPSA) is 24.5 Å². The summed E-state index contributed by atoms with van der Waals surface area (Å²) in [4.78, 5) is 2.45. The highest BCUT2D eigenvalue weighted by Crippen LogP contribution is 2.27. The Labute approximate surface area is 124 Å². The predicted octanol–water partition coefficient (Wildman–Crippen LogP) is 3.39. The summed E-state index contributed by atoms with van der Waals surface area (Å²) in [5.74, 6) is 0.983. The monoisotopic (exact) mass is 278 g/mol. The maximum absolute atomic E-state index is 5.55. The molecule has 0 aromatic heterocycles. The first-order valence-electron chi connectivity index (χ1n) is 7.76. The molecule has 0 saturated heterocycles. The number of methoxy groups -OCH3 is 1. The molecule has 0 saturated carbocycles. The molecule has 20 heavy (non-hydrogen) atoms. The highest BCUT2D eigenvalue weighted by atomic mass is 16.5. The molecule has 0 bridgehead atoms. The van der Waals surface area contributed by atoms with Gasteiger partial charge < -0.3 is 15.0 Å². The van der Waals surface area contributed by atoms with Crippen LogP contribution in [0.5, 0.6) is 5.75 Å². The molecule has 0 radical (unpaired) electrons. The summed E-state index contributed by atoms with van der Waals surface area (Å²) in [5, 5.41) is 3.67. The molecule has 3 nitrogen and oxygen atoms in total. The van der Waals surface area contributed by atoms with Crippen LogP contribution in [0.1, 0.15) is 44.4 Å². The number of ether oxygens (including phenoxy) is 1. The number of likely N-dealkylation sites (N-methyl/N-ethyl adjacent to an activating group) is 1. The van der Waals surface area contributed by atoms with Crippen LogP contribution in [0, 0.1) is 6.92 Å². The normalized spacial score (nSPS) is 12.7. The van der Waals surface area contributed by atoms with Crippen LogP contribution < -0.4 is 10.1 Å². The van der Waals surface area contributed by atoms with Gasteiger partial charge in [-0.15, -0.1) is 0 Å². The van der Waals surface area contributed by atoms with Crippen LogP contribution in [0.3, 0.4) is 0 Å². The van der Waals surface area contributed by atoms with Gasteiger partial charge in [0.05, 0.1) is 7.11 Å². The Kier molecular flexibility index (Phi) is 7.63. The van der Waals surface area contributed by atoms with Crippen molar-refractivity contribution in [1.82, 2.24) is 10.2 Å². The number of rotatable bonds is 9. The Bertz CT molecular complexity index is 389. The van der Waals surface area contributed by atoms with Gasteiger partial charge in [0.2, 0.25) is 0 Å². The lowest BCUT2D eigenvalue weighted by Gasteiger charge is -2.28. The van der Waals surface area contributed by atoms with Crippen molar-refractivity contribution in [2.24, 2.45) is 0 Å². The molecular weight excluding hydrogens is 248 g/mol. The average molecular weight is 278 g/mol. The highest BCUT2D eigenvalue weighted by molar-refractivity contribution is 5.39. The van der Waals surface area contributed by atoms with E-state index in [1.165, 1.54) is 11.1 Å². The first kappa shape index (κ1) is 17.0. The van der Waals surface area contributed by atoms with Crippen LogP contribution in [-0.2, 0) is 0 Å².